The molecule has 0 amide bonds. The van der Waals surface area contributed by atoms with Gasteiger partial charge in [0.15, 0.2) is 0 Å². The third-order valence-electron chi connectivity index (χ3n) is 3.93. The summed E-state index contributed by atoms with van der Waals surface area (Å²) in [4.78, 5) is 25.4. The van der Waals surface area contributed by atoms with E-state index in [4.69, 9.17) is 5.11 Å². The normalized spacial score (nSPS) is 12.2. The Kier molecular flexibility index (Phi) is 6.76. The number of nitrogens with zero attached hydrogens (tertiary/aromatic N) is 2. The van der Waals surface area contributed by atoms with Crippen molar-refractivity contribution in [2.75, 3.05) is 13.6 Å². The third-order valence-corrected chi connectivity index (χ3v) is 5.00. The summed E-state index contributed by atoms with van der Waals surface area (Å²) in [5.41, 5.74) is 1.98. The van der Waals surface area contributed by atoms with Crippen LogP contribution in [0.1, 0.15) is 18.1 Å². The first-order chi connectivity index (χ1) is 12.3. The lowest BCUT2D eigenvalue weighted by atomic mass is 10.1. The van der Waals surface area contributed by atoms with E-state index in [1.807, 2.05) is 42.2 Å². The van der Waals surface area contributed by atoms with Gasteiger partial charge in [-0.3, -0.25) is 14.9 Å². The molecule has 0 aromatic heterocycles. The highest BCUT2D eigenvalue weighted by atomic mass is 32.2. The fourth-order valence-electron chi connectivity index (χ4n) is 2.55. The van der Waals surface area contributed by atoms with E-state index in [2.05, 4.69) is 0 Å². The van der Waals surface area contributed by atoms with Crippen molar-refractivity contribution in [1.82, 2.24) is 4.90 Å². The topological polar surface area (TPSA) is 83.7 Å². The van der Waals surface area contributed by atoms with E-state index in [0.717, 1.165) is 16.0 Å². The van der Waals surface area contributed by atoms with Crippen molar-refractivity contribution in [1.29, 1.82) is 0 Å². The Labute approximate surface area is 157 Å². The quantitative estimate of drug-likeness (QED) is 0.550. The molecular weight excluding hydrogens is 352 g/mol. The van der Waals surface area contributed by atoms with E-state index in [-0.39, 0.29) is 10.6 Å². The zero-order valence-electron chi connectivity index (χ0n) is 15.0. The van der Waals surface area contributed by atoms with Gasteiger partial charge in [-0.25, -0.2) is 0 Å². The summed E-state index contributed by atoms with van der Waals surface area (Å²) in [6, 6.07) is 13.0. The zero-order valence-corrected chi connectivity index (χ0v) is 15.8. The monoisotopic (exact) mass is 374 g/mol. The van der Waals surface area contributed by atoms with E-state index in [9.17, 15) is 14.9 Å². The maximum Gasteiger partial charge on any atom is 0.307 e. The summed E-state index contributed by atoms with van der Waals surface area (Å²) in [5.74, 6) is -1.35. The van der Waals surface area contributed by atoms with Crippen LogP contribution in [0.5, 0.6) is 0 Å². The highest BCUT2D eigenvalue weighted by Crippen LogP contribution is 2.35. The van der Waals surface area contributed by atoms with Gasteiger partial charge >= 0.3 is 5.97 Å². The molecule has 0 saturated carbocycles. The molecule has 7 heteroatoms. The molecule has 0 aliphatic rings. The Bertz CT molecular complexity index is 793. The third kappa shape index (κ3) is 5.57. The molecule has 0 saturated heterocycles. The van der Waals surface area contributed by atoms with Gasteiger partial charge in [0.05, 0.1) is 15.7 Å². The van der Waals surface area contributed by atoms with Crippen molar-refractivity contribution in [2.24, 2.45) is 5.92 Å². The number of benzene rings is 2. The van der Waals surface area contributed by atoms with Crippen LogP contribution in [0.3, 0.4) is 0 Å². The minimum Gasteiger partial charge on any atom is -0.481 e. The van der Waals surface area contributed by atoms with E-state index in [1.54, 1.807) is 26.1 Å². The molecule has 138 valence electrons. The average molecular weight is 374 g/mol. The number of nitro groups is 1. The van der Waals surface area contributed by atoms with Crippen LogP contribution in [0, 0.1) is 23.0 Å². The molecule has 0 radical (unpaired) electrons. The van der Waals surface area contributed by atoms with E-state index in [0.29, 0.717) is 18.0 Å². The lowest BCUT2D eigenvalue weighted by Crippen LogP contribution is -2.28. The predicted molar refractivity (Wildman–Crippen MR) is 102 cm³/mol. The fraction of sp³-hybridized carbons (Fsp3) is 0.316. The first-order valence-electron chi connectivity index (χ1n) is 8.19. The molecule has 26 heavy (non-hydrogen) atoms. The number of carboxylic acid groups (broad SMARTS) is 1. The molecule has 2 aromatic rings. The van der Waals surface area contributed by atoms with Crippen LogP contribution >= 0.6 is 11.8 Å². The second kappa shape index (κ2) is 8.82. The minimum atomic E-state index is -0.854. The largest absolute Gasteiger partial charge is 0.481 e. The molecule has 0 spiro atoms. The van der Waals surface area contributed by atoms with Crippen LogP contribution < -0.4 is 0 Å². The fourth-order valence-corrected chi connectivity index (χ4v) is 3.45. The van der Waals surface area contributed by atoms with Gasteiger partial charge in [-0.05, 0) is 37.7 Å². The molecule has 0 heterocycles. The number of hydrogen-bond acceptors (Lipinski definition) is 5. The smallest absolute Gasteiger partial charge is 0.307 e. The van der Waals surface area contributed by atoms with E-state index >= 15 is 0 Å². The first kappa shape index (κ1) is 19.9. The molecule has 2 aromatic carbocycles. The molecular formula is C19H22N2O4S. The average Bonchev–Trinajstić information content (AvgIpc) is 2.57. The summed E-state index contributed by atoms with van der Waals surface area (Å²) in [6.07, 6.45) is 0. The van der Waals surface area contributed by atoms with Gasteiger partial charge in [0.2, 0.25) is 0 Å². The van der Waals surface area contributed by atoms with Gasteiger partial charge in [-0.2, -0.15) is 0 Å². The number of aryl methyl sites for hydroxylation is 1. The Hall–Kier alpha value is -2.38. The number of hydrogen-bond donors (Lipinski definition) is 1. The lowest BCUT2D eigenvalue weighted by molar-refractivity contribution is -0.387. The lowest BCUT2D eigenvalue weighted by Gasteiger charge is -2.19. The van der Waals surface area contributed by atoms with Crippen molar-refractivity contribution in [2.45, 2.75) is 30.2 Å². The van der Waals surface area contributed by atoms with Crippen molar-refractivity contribution in [3.63, 3.8) is 0 Å². The second-order valence-corrected chi connectivity index (χ2v) is 7.53. The van der Waals surface area contributed by atoms with Crippen LogP contribution in [0.4, 0.5) is 5.69 Å². The van der Waals surface area contributed by atoms with Crippen molar-refractivity contribution < 1.29 is 14.8 Å². The molecule has 0 fully saturated rings. The molecule has 0 bridgehead atoms. The maximum absolute atomic E-state index is 11.5. The molecule has 1 unspecified atom stereocenters. The summed E-state index contributed by atoms with van der Waals surface area (Å²) in [5, 5.41) is 20.5. The second-order valence-electron chi connectivity index (χ2n) is 6.41. The number of rotatable bonds is 8. The maximum atomic E-state index is 11.5. The minimum absolute atomic E-state index is 0.0627. The summed E-state index contributed by atoms with van der Waals surface area (Å²) < 4.78 is 0. The van der Waals surface area contributed by atoms with Crippen molar-refractivity contribution in [3.8, 4) is 0 Å². The Morgan fingerprint density at radius 2 is 1.92 bits per heavy atom. The van der Waals surface area contributed by atoms with Crippen LogP contribution in [0.2, 0.25) is 0 Å². The van der Waals surface area contributed by atoms with Crippen LogP contribution in [-0.4, -0.2) is 34.5 Å². The molecule has 0 aliphatic heterocycles. The molecule has 6 nitrogen and oxygen atoms in total. The summed E-state index contributed by atoms with van der Waals surface area (Å²) >= 11 is 1.36. The van der Waals surface area contributed by atoms with Gasteiger partial charge in [0.25, 0.3) is 5.69 Å². The predicted octanol–water partition coefficient (Wildman–Crippen LogP) is 4.21. The van der Waals surface area contributed by atoms with Gasteiger partial charge in [0.1, 0.15) is 0 Å². The number of carboxylic acids is 1. The zero-order chi connectivity index (χ0) is 19.3. The molecule has 1 atom stereocenters. The Morgan fingerprint density at radius 3 is 2.50 bits per heavy atom. The first-order valence-corrected chi connectivity index (χ1v) is 9.01. The summed E-state index contributed by atoms with van der Waals surface area (Å²) in [7, 11) is 1.81. The van der Waals surface area contributed by atoms with Crippen LogP contribution in [-0.2, 0) is 11.3 Å². The summed E-state index contributed by atoms with van der Waals surface area (Å²) in [6.45, 7) is 4.47. The number of aliphatic carboxylic acids is 1. The van der Waals surface area contributed by atoms with Gasteiger partial charge in [0, 0.05) is 24.1 Å². The van der Waals surface area contributed by atoms with Crippen molar-refractivity contribution >= 4 is 23.4 Å². The Morgan fingerprint density at radius 1 is 1.27 bits per heavy atom. The van der Waals surface area contributed by atoms with E-state index in [1.165, 1.54) is 11.8 Å². The van der Waals surface area contributed by atoms with E-state index < -0.39 is 11.9 Å². The number of carbonyl (C=O) groups is 1. The van der Waals surface area contributed by atoms with Gasteiger partial charge in [-0.1, -0.05) is 42.4 Å². The highest BCUT2D eigenvalue weighted by molar-refractivity contribution is 7.99. The Balaban J connectivity index is 2.16. The highest BCUT2D eigenvalue weighted by Gasteiger charge is 2.18. The number of nitro benzene ring substituents is 1. The van der Waals surface area contributed by atoms with Crippen molar-refractivity contribution in [3.05, 3.63) is 63.7 Å². The van der Waals surface area contributed by atoms with Crippen LogP contribution in [0.15, 0.2) is 52.3 Å². The molecule has 0 aliphatic carbocycles. The standard InChI is InChI=1S/C19H22N2O4S/c1-13-4-7-16(8-5-13)26-18-9-6-15(10-17(18)21(24)25)12-20(3)11-14(2)19(22)23/h4-10,14H,11-12H2,1-3H3,(H,22,23). The van der Waals surface area contributed by atoms with Gasteiger partial charge in [-0.15, -0.1) is 0 Å². The van der Waals surface area contributed by atoms with Gasteiger partial charge < -0.3 is 10.0 Å². The SMILES string of the molecule is Cc1ccc(Sc2ccc(CN(C)CC(C)C(=O)O)cc2[N+](=O)[O-])cc1. The molecule has 1 N–H and O–H groups in total. The van der Waals surface area contributed by atoms with Crippen LogP contribution in [0.25, 0.3) is 0 Å². The molecule has 2 rings (SSSR count).